The van der Waals surface area contributed by atoms with Crippen molar-refractivity contribution in [1.29, 1.82) is 0 Å². The van der Waals surface area contributed by atoms with Crippen molar-refractivity contribution < 1.29 is 27.4 Å². The minimum absolute atomic E-state index is 0.155. The Balaban J connectivity index is 2.49. The Morgan fingerprint density at radius 1 is 1.42 bits per heavy atom. The lowest BCUT2D eigenvalue weighted by Crippen LogP contribution is -2.38. The molecule has 0 unspecified atom stereocenters. The second kappa shape index (κ2) is 5.24. The molecular weight excluding hydrogens is 277 g/mol. The first-order valence-electron chi connectivity index (χ1n) is 5.53. The van der Waals surface area contributed by atoms with Crippen LogP contribution in [0.15, 0.2) is 23.1 Å². The van der Waals surface area contributed by atoms with Crippen molar-refractivity contribution >= 4 is 16.0 Å². The zero-order valence-electron chi connectivity index (χ0n) is 9.87. The zero-order valence-corrected chi connectivity index (χ0v) is 10.7. The fourth-order valence-electron chi connectivity index (χ4n) is 1.79. The van der Waals surface area contributed by atoms with E-state index in [9.17, 15) is 17.6 Å². The Bertz CT molecular complexity index is 595. The van der Waals surface area contributed by atoms with Crippen LogP contribution in [0.4, 0.5) is 4.39 Å². The lowest BCUT2D eigenvalue weighted by atomic mass is 10.2. The number of nitrogens with zero attached hydrogens (tertiary/aromatic N) is 1. The highest BCUT2D eigenvalue weighted by Gasteiger charge is 2.30. The molecule has 104 valence electrons. The van der Waals surface area contributed by atoms with Gasteiger partial charge in [0.1, 0.15) is 12.5 Å². The summed E-state index contributed by atoms with van der Waals surface area (Å²) in [5.74, 6) is -2.22. The Hall–Kier alpha value is -1.51. The largest absolute Gasteiger partial charge is 0.478 e. The fraction of sp³-hybridized carbons (Fsp3) is 0.364. The molecule has 1 N–H and O–H groups in total. The summed E-state index contributed by atoms with van der Waals surface area (Å²) in [4.78, 5) is 10.5. The molecule has 19 heavy (non-hydrogen) atoms. The number of halogens is 1. The second-order valence-electron chi connectivity index (χ2n) is 4.02. The average Bonchev–Trinajstić information content (AvgIpc) is 2.39. The smallest absolute Gasteiger partial charge is 0.337 e. The molecule has 8 heteroatoms. The standard InChI is InChI=1S/C11H12FNO5S/c12-8-2-3-9(11(14)15)10(6-8)19(16,17)13-4-1-5-18-7-13/h2-3,6H,1,4-5,7H2,(H,14,15). The van der Waals surface area contributed by atoms with E-state index in [-0.39, 0.29) is 13.3 Å². The second-order valence-corrected chi connectivity index (χ2v) is 5.92. The van der Waals surface area contributed by atoms with E-state index in [1.54, 1.807) is 0 Å². The summed E-state index contributed by atoms with van der Waals surface area (Å²) in [7, 11) is -4.07. The molecule has 1 saturated heterocycles. The van der Waals surface area contributed by atoms with Crippen molar-refractivity contribution in [2.45, 2.75) is 11.3 Å². The van der Waals surface area contributed by atoms with E-state index in [0.29, 0.717) is 19.1 Å². The van der Waals surface area contributed by atoms with Gasteiger partial charge in [-0.3, -0.25) is 0 Å². The van der Waals surface area contributed by atoms with Gasteiger partial charge in [0.2, 0.25) is 10.0 Å². The predicted octanol–water partition coefficient (Wildman–Crippen LogP) is 0.892. The highest BCUT2D eigenvalue weighted by atomic mass is 32.2. The number of sulfonamides is 1. The summed E-state index contributed by atoms with van der Waals surface area (Å²) in [6, 6.07) is 2.57. The number of hydrogen-bond donors (Lipinski definition) is 1. The van der Waals surface area contributed by atoms with Crippen LogP contribution in [0, 0.1) is 5.82 Å². The number of rotatable bonds is 3. The molecule has 1 aromatic rings. The van der Waals surface area contributed by atoms with Crippen molar-refractivity contribution in [3.8, 4) is 0 Å². The van der Waals surface area contributed by atoms with E-state index in [2.05, 4.69) is 0 Å². The maximum absolute atomic E-state index is 13.2. The average molecular weight is 289 g/mol. The van der Waals surface area contributed by atoms with Crippen LogP contribution in [-0.2, 0) is 14.8 Å². The highest BCUT2D eigenvalue weighted by Crippen LogP contribution is 2.23. The summed E-state index contributed by atoms with van der Waals surface area (Å²) >= 11 is 0. The maximum atomic E-state index is 13.2. The molecular formula is C11H12FNO5S. The molecule has 1 aromatic carbocycles. The van der Waals surface area contributed by atoms with Gasteiger partial charge in [-0.25, -0.2) is 17.6 Å². The lowest BCUT2D eigenvalue weighted by molar-refractivity contribution is 0.0312. The van der Waals surface area contributed by atoms with Crippen LogP contribution < -0.4 is 0 Å². The molecule has 0 spiro atoms. The van der Waals surface area contributed by atoms with Crippen LogP contribution in [0.3, 0.4) is 0 Å². The van der Waals surface area contributed by atoms with E-state index < -0.39 is 32.3 Å². The topological polar surface area (TPSA) is 83.9 Å². The number of aromatic carboxylic acids is 1. The van der Waals surface area contributed by atoms with Crippen LogP contribution in [0.1, 0.15) is 16.8 Å². The monoisotopic (exact) mass is 289 g/mol. The van der Waals surface area contributed by atoms with Gasteiger partial charge in [-0.2, -0.15) is 4.31 Å². The molecule has 0 radical (unpaired) electrons. The summed E-state index contributed by atoms with van der Waals surface area (Å²) < 4.78 is 43.8. The summed E-state index contributed by atoms with van der Waals surface area (Å²) in [6.45, 7) is 0.511. The molecule has 1 aliphatic rings. The van der Waals surface area contributed by atoms with Gasteiger partial charge in [-0.1, -0.05) is 0 Å². The van der Waals surface area contributed by atoms with Crippen LogP contribution in [0.2, 0.25) is 0 Å². The molecule has 1 aliphatic heterocycles. The van der Waals surface area contributed by atoms with Gasteiger partial charge in [0.15, 0.2) is 0 Å². The van der Waals surface area contributed by atoms with E-state index in [1.165, 1.54) is 0 Å². The van der Waals surface area contributed by atoms with Crippen molar-refractivity contribution in [2.75, 3.05) is 19.9 Å². The first-order valence-corrected chi connectivity index (χ1v) is 6.97. The Morgan fingerprint density at radius 3 is 2.74 bits per heavy atom. The normalized spacial score (nSPS) is 17.3. The highest BCUT2D eigenvalue weighted by molar-refractivity contribution is 7.89. The van der Waals surface area contributed by atoms with Gasteiger partial charge in [-0.15, -0.1) is 0 Å². The molecule has 1 fully saturated rings. The van der Waals surface area contributed by atoms with Crippen molar-refractivity contribution in [3.05, 3.63) is 29.6 Å². The van der Waals surface area contributed by atoms with Gasteiger partial charge < -0.3 is 9.84 Å². The molecule has 0 aromatic heterocycles. The summed E-state index contributed by atoms with van der Waals surface area (Å²) in [5, 5.41) is 8.98. The van der Waals surface area contributed by atoms with Crippen molar-refractivity contribution in [2.24, 2.45) is 0 Å². The number of hydrogen-bond acceptors (Lipinski definition) is 4. The van der Waals surface area contributed by atoms with Gasteiger partial charge in [0.05, 0.1) is 10.5 Å². The first kappa shape index (κ1) is 13.9. The van der Waals surface area contributed by atoms with Gasteiger partial charge in [0, 0.05) is 13.2 Å². The lowest BCUT2D eigenvalue weighted by Gasteiger charge is -2.26. The summed E-state index contributed by atoms with van der Waals surface area (Å²) in [6.07, 6.45) is 0.511. The summed E-state index contributed by atoms with van der Waals surface area (Å²) in [5.41, 5.74) is -0.452. The molecule has 0 amide bonds. The van der Waals surface area contributed by atoms with Crippen LogP contribution in [0.25, 0.3) is 0 Å². The molecule has 6 nitrogen and oxygen atoms in total. The van der Waals surface area contributed by atoms with Crippen LogP contribution >= 0.6 is 0 Å². The number of carboxylic acid groups (broad SMARTS) is 1. The van der Waals surface area contributed by atoms with E-state index in [1.807, 2.05) is 0 Å². The molecule has 0 atom stereocenters. The minimum Gasteiger partial charge on any atom is -0.478 e. The Labute approximate surface area is 109 Å². The Kier molecular flexibility index (Phi) is 3.83. The molecule has 0 bridgehead atoms. The van der Waals surface area contributed by atoms with Crippen LogP contribution in [-0.4, -0.2) is 43.7 Å². The SMILES string of the molecule is O=C(O)c1ccc(F)cc1S(=O)(=O)N1CCCOC1. The maximum Gasteiger partial charge on any atom is 0.337 e. The molecule has 2 rings (SSSR count). The molecule has 0 saturated carbocycles. The third-order valence-electron chi connectivity index (χ3n) is 2.72. The van der Waals surface area contributed by atoms with E-state index in [4.69, 9.17) is 9.84 Å². The third-order valence-corrected chi connectivity index (χ3v) is 4.58. The first-order chi connectivity index (χ1) is 8.93. The number of benzene rings is 1. The van der Waals surface area contributed by atoms with E-state index in [0.717, 1.165) is 16.4 Å². The van der Waals surface area contributed by atoms with Gasteiger partial charge in [0.25, 0.3) is 0 Å². The number of carboxylic acids is 1. The van der Waals surface area contributed by atoms with E-state index >= 15 is 0 Å². The van der Waals surface area contributed by atoms with Crippen LogP contribution in [0.5, 0.6) is 0 Å². The Morgan fingerprint density at radius 2 is 2.16 bits per heavy atom. The van der Waals surface area contributed by atoms with Crippen molar-refractivity contribution in [3.63, 3.8) is 0 Å². The minimum atomic E-state index is -4.07. The van der Waals surface area contributed by atoms with Crippen molar-refractivity contribution in [1.82, 2.24) is 4.31 Å². The number of ether oxygens (including phenoxy) is 1. The molecule has 1 heterocycles. The fourth-order valence-corrected chi connectivity index (χ4v) is 3.34. The van der Waals surface area contributed by atoms with Gasteiger partial charge in [-0.05, 0) is 24.6 Å². The zero-order chi connectivity index (χ0) is 14.0. The molecule has 0 aliphatic carbocycles. The predicted molar refractivity (Wildman–Crippen MR) is 62.7 cm³/mol. The number of carbonyl (C=O) groups is 1. The van der Waals surface area contributed by atoms with Gasteiger partial charge >= 0.3 is 5.97 Å². The quantitative estimate of drug-likeness (QED) is 0.893. The third kappa shape index (κ3) is 2.75.